The molecule has 0 amide bonds. The largest absolute Gasteiger partial charge is 0.497 e. The Morgan fingerprint density at radius 3 is 2.59 bits per heavy atom. The summed E-state index contributed by atoms with van der Waals surface area (Å²) in [7, 11) is 1.51. The highest BCUT2D eigenvalue weighted by Gasteiger charge is 2.55. The van der Waals surface area contributed by atoms with Gasteiger partial charge in [-0.1, -0.05) is 18.2 Å². The van der Waals surface area contributed by atoms with Crippen LogP contribution < -0.4 is 9.64 Å². The number of amidine groups is 1. The number of benzene rings is 2. The molecule has 0 aromatic heterocycles. The smallest absolute Gasteiger partial charge is 0.278 e. The SMILES string of the molecule is Br.COc1ccc(C2(O)C[N+]3=C(CCCCC3)N2c2ccccc2)c(F)c1. The minimum Gasteiger partial charge on any atom is -0.497 e. The van der Waals surface area contributed by atoms with Crippen LogP contribution >= 0.6 is 17.0 Å². The Kier molecular flexibility index (Phi) is 5.86. The molecular weight excluding hydrogens is 411 g/mol. The van der Waals surface area contributed by atoms with E-state index in [1.807, 2.05) is 35.2 Å². The van der Waals surface area contributed by atoms with Crippen LogP contribution in [0.3, 0.4) is 0 Å². The van der Waals surface area contributed by atoms with E-state index in [9.17, 15) is 9.50 Å². The van der Waals surface area contributed by atoms with Gasteiger partial charge in [0.2, 0.25) is 0 Å². The van der Waals surface area contributed by atoms with Crippen molar-refractivity contribution in [2.75, 3.05) is 25.1 Å². The molecule has 0 spiro atoms. The average Bonchev–Trinajstić information content (AvgIpc) is 2.78. The Labute approximate surface area is 169 Å². The van der Waals surface area contributed by atoms with Gasteiger partial charge in [0.1, 0.15) is 17.3 Å². The molecule has 0 saturated heterocycles. The fraction of sp³-hybridized carbons (Fsp3) is 0.381. The first-order valence-electron chi connectivity index (χ1n) is 9.16. The summed E-state index contributed by atoms with van der Waals surface area (Å²) in [6.07, 6.45) is 4.23. The third-order valence-corrected chi connectivity index (χ3v) is 5.35. The lowest BCUT2D eigenvalue weighted by Gasteiger charge is -2.29. The standard InChI is InChI=1S/C21H24FN2O2.BrH/c1-26-17-11-12-18(19(22)14-17)21(25)15-23-13-7-3-6-10-20(23)24(21)16-8-4-2-5-9-16;/h2,4-5,8-9,11-12,14,25H,3,6-7,10,13,15H2,1H3;1H/q+1;. The summed E-state index contributed by atoms with van der Waals surface area (Å²) >= 11 is 0. The first-order valence-corrected chi connectivity index (χ1v) is 9.16. The molecule has 144 valence electrons. The van der Waals surface area contributed by atoms with Crippen LogP contribution in [0.25, 0.3) is 0 Å². The van der Waals surface area contributed by atoms with E-state index in [0.717, 1.165) is 37.3 Å². The van der Waals surface area contributed by atoms with Crippen molar-refractivity contribution in [1.82, 2.24) is 0 Å². The Bertz CT molecular complexity index is 843. The normalized spacial score (nSPS) is 22.1. The Balaban J connectivity index is 0.00000210. The lowest BCUT2D eigenvalue weighted by atomic mass is 9.99. The van der Waals surface area contributed by atoms with Crippen molar-refractivity contribution in [3.63, 3.8) is 0 Å². The van der Waals surface area contributed by atoms with Gasteiger partial charge < -0.3 is 9.84 Å². The van der Waals surface area contributed by atoms with Gasteiger partial charge in [0.15, 0.2) is 6.54 Å². The molecule has 1 N–H and O–H groups in total. The maximum Gasteiger partial charge on any atom is 0.278 e. The van der Waals surface area contributed by atoms with E-state index >= 15 is 0 Å². The number of aliphatic hydroxyl groups is 1. The third kappa shape index (κ3) is 3.48. The summed E-state index contributed by atoms with van der Waals surface area (Å²) in [5, 5.41) is 11.7. The third-order valence-electron chi connectivity index (χ3n) is 5.35. The van der Waals surface area contributed by atoms with Gasteiger partial charge in [-0.25, -0.2) is 4.39 Å². The molecule has 1 atom stereocenters. The number of nitrogens with zero attached hydrogens (tertiary/aromatic N) is 2. The van der Waals surface area contributed by atoms with Crippen molar-refractivity contribution in [3.05, 3.63) is 59.9 Å². The Morgan fingerprint density at radius 1 is 1.11 bits per heavy atom. The van der Waals surface area contributed by atoms with Gasteiger partial charge in [-0.05, 0) is 43.5 Å². The second-order valence-corrected chi connectivity index (χ2v) is 6.98. The monoisotopic (exact) mass is 435 g/mol. The summed E-state index contributed by atoms with van der Waals surface area (Å²) in [5.41, 5.74) is -0.281. The van der Waals surface area contributed by atoms with Gasteiger partial charge in [0, 0.05) is 12.5 Å². The van der Waals surface area contributed by atoms with E-state index in [4.69, 9.17) is 4.74 Å². The lowest BCUT2D eigenvalue weighted by Crippen LogP contribution is -2.48. The number of rotatable bonds is 3. The quantitative estimate of drug-likeness (QED) is 0.738. The molecule has 4 nitrogen and oxygen atoms in total. The van der Waals surface area contributed by atoms with Gasteiger partial charge in [-0.15, -0.1) is 17.0 Å². The molecule has 2 heterocycles. The molecule has 0 radical (unpaired) electrons. The molecule has 2 aliphatic heterocycles. The van der Waals surface area contributed by atoms with Crippen molar-refractivity contribution < 1.29 is 18.8 Å². The number of para-hydroxylation sites is 1. The highest BCUT2D eigenvalue weighted by molar-refractivity contribution is 8.93. The molecule has 0 aliphatic carbocycles. The Hall–Kier alpha value is -1.92. The van der Waals surface area contributed by atoms with E-state index in [1.165, 1.54) is 19.6 Å². The van der Waals surface area contributed by atoms with Crippen molar-refractivity contribution in [2.45, 2.75) is 31.4 Å². The van der Waals surface area contributed by atoms with E-state index in [1.54, 1.807) is 12.1 Å². The first-order chi connectivity index (χ1) is 12.6. The van der Waals surface area contributed by atoms with Crippen molar-refractivity contribution >= 4 is 28.5 Å². The molecule has 0 saturated carbocycles. The molecule has 4 rings (SSSR count). The molecule has 2 aliphatic rings. The van der Waals surface area contributed by atoms with Crippen molar-refractivity contribution in [1.29, 1.82) is 0 Å². The fourth-order valence-electron chi connectivity index (χ4n) is 4.12. The highest BCUT2D eigenvalue weighted by atomic mass is 79.9. The summed E-state index contributed by atoms with van der Waals surface area (Å²) in [4.78, 5) is 1.92. The van der Waals surface area contributed by atoms with Gasteiger partial charge in [0.05, 0.1) is 19.2 Å². The fourth-order valence-corrected chi connectivity index (χ4v) is 4.12. The molecule has 0 fully saturated rings. The Morgan fingerprint density at radius 2 is 1.89 bits per heavy atom. The zero-order chi connectivity index (χ0) is 18.1. The van der Waals surface area contributed by atoms with Crippen LogP contribution in [-0.2, 0) is 5.72 Å². The molecule has 27 heavy (non-hydrogen) atoms. The van der Waals surface area contributed by atoms with Crippen LogP contribution in [0.4, 0.5) is 10.1 Å². The van der Waals surface area contributed by atoms with Crippen LogP contribution in [0.2, 0.25) is 0 Å². The van der Waals surface area contributed by atoms with Gasteiger partial charge in [-0.3, -0.25) is 4.58 Å². The van der Waals surface area contributed by atoms with E-state index < -0.39 is 11.5 Å². The molecule has 6 heteroatoms. The predicted octanol–water partition coefficient (Wildman–Crippen LogP) is 4.06. The zero-order valence-electron chi connectivity index (χ0n) is 15.4. The van der Waals surface area contributed by atoms with E-state index in [-0.39, 0.29) is 22.5 Å². The van der Waals surface area contributed by atoms with Gasteiger partial charge in [-0.2, -0.15) is 4.90 Å². The maximum absolute atomic E-state index is 14.9. The van der Waals surface area contributed by atoms with Crippen LogP contribution in [0.1, 0.15) is 31.2 Å². The van der Waals surface area contributed by atoms with E-state index in [0.29, 0.717) is 12.3 Å². The molecule has 2 aromatic carbocycles. The summed E-state index contributed by atoms with van der Waals surface area (Å²) in [5.74, 6) is 1.07. The number of hydrogen-bond acceptors (Lipinski definition) is 3. The van der Waals surface area contributed by atoms with Crippen molar-refractivity contribution in [3.8, 4) is 5.75 Å². The second-order valence-electron chi connectivity index (χ2n) is 6.98. The van der Waals surface area contributed by atoms with Crippen LogP contribution in [-0.4, -0.2) is 35.7 Å². The summed E-state index contributed by atoms with van der Waals surface area (Å²) in [6.45, 7) is 1.25. The highest BCUT2D eigenvalue weighted by Crippen LogP contribution is 2.39. The lowest BCUT2D eigenvalue weighted by molar-refractivity contribution is -0.534. The van der Waals surface area contributed by atoms with Crippen LogP contribution in [0, 0.1) is 5.82 Å². The maximum atomic E-state index is 14.9. The number of hydrogen-bond donors (Lipinski definition) is 1. The first kappa shape index (κ1) is 19.8. The topological polar surface area (TPSA) is 35.7 Å². The molecular formula is C21H25BrFN2O2+. The number of ether oxygens (including phenoxy) is 1. The van der Waals surface area contributed by atoms with E-state index in [2.05, 4.69) is 4.58 Å². The summed E-state index contributed by atoms with van der Waals surface area (Å²) < 4.78 is 22.2. The van der Waals surface area contributed by atoms with Crippen molar-refractivity contribution in [2.24, 2.45) is 0 Å². The van der Waals surface area contributed by atoms with Gasteiger partial charge >= 0.3 is 0 Å². The second kappa shape index (κ2) is 7.98. The van der Waals surface area contributed by atoms with Crippen LogP contribution in [0.15, 0.2) is 48.5 Å². The minimum atomic E-state index is -1.44. The number of anilines is 1. The average molecular weight is 436 g/mol. The van der Waals surface area contributed by atoms with Crippen LogP contribution in [0.5, 0.6) is 5.75 Å². The molecule has 0 bridgehead atoms. The molecule has 2 aromatic rings. The predicted molar refractivity (Wildman–Crippen MR) is 110 cm³/mol. The summed E-state index contributed by atoms with van der Waals surface area (Å²) in [6, 6.07) is 14.4. The molecule has 1 unspecified atom stereocenters. The van der Waals surface area contributed by atoms with Gasteiger partial charge in [0.25, 0.3) is 11.6 Å². The minimum absolute atomic E-state index is 0. The number of halogens is 2. The zero-order valence-corrected chi connectivity index (χ0v) is 17.1. The number of methoxy groups -OCH3 is 1.